The second kappa shape index (κ2) is 7.33. The number of aliphatic hydroxyl groups is 1. The van der Waals surface area contributed by atoms with Gasteiger partial charge in [0.15, 0.2) is 11.5 Å². The van der Waals surface area contributed by atoms with E-state index in [9.17, 15) is 5.11 Å². The third-order valence-electron chi connectivity index (χ3n) is 3.12. The van der Waals surface area contributed by atoms with Gasteiger partial charge >= 0.3 is 0 Å². The number of aliphatic hydroxyl groups excluding tert-OH is 1. The maximum absolute atomic E-state index is 10.2. The van der Waals surface area contributed by atoms with Crippen molar-refractivity contribution >= 4 is 21.6 Å². The highest BCUT2D eigenvalue weighted by molar-refractivity contribution is 9.10. The van der Waals surface area contributed by atoms with Crippen LogP contribution < -0.4 is 14.8 Å². The monoisotopic (exact) mass is 351 g/mol. The highest BCUT2D eigenvalue weighted by Crippen LogP contribution is 2.30. The average molecular weight is 352 g/mol. The summed E-state index contributed by atoms with van der Waals surface area (Å²) in [6, 6.07) is 13.2. The normalized spacial score (nSPS) is 11.8. The molecular weight excluding hydrogens is 334 g/mol. The number of hydrogen-bond acceptors (Lipinski definition) is 4. The molecule has 2 aromatic carbocycles. The first-order valence-electron chi connectivity index (χ1n) is 6.53. The summed E-state index contributed by atoms with van der Waals surface area (Å²) in [5.74, 6) is 1.33. The molecular formula is C16H18BrNO3. The van der Waals surface area contributed by atoms with Gasteiger partial charge in [0.1, 0.15) is 0 Å². The lowest BCUT2D eigenvalue weighted by atomic mass is 10.1. The van der Waals surface area contributed by atoms with Crippen LogP contribution in [-0.4, -0.2) is 25.9 Å². The quantitative estimate of drug-likeness (QED) is 0.834. The van der Waals surface area contributed by atoms with Crippen LogP contribution in [0.25, 0.3) is 0 Å². The Morgan fingerprint density at radius 2 is 1.86 bits per heavy atom. The molecule has 0 aliphatic carbocycles. The highest BCUT2D eigenvalue weighted by atomic mass is 79.9. The minimum Gasteiger partial charge on any atom is -0.493 e. The van der Waals surface area contributed by atoms with Crippen LogP contribution in [0.5, 0.6) is 11.5 Å². The summed E-state index contributed by atoms with van der Waals surface area (Å²) < 4.78 is 11.4. The van der Waals surface area contributed by atoms with E-state index in [1.165, 1.54) is 0 Å². The Morgan fingerprint density at radius 3 is 2.52 bits per heavy atom. The molecule has 21 heavy (non-hydrogen) atoms. The zero-order chi connectivity index (χ0) is 15.2. The molecule has 0 fully saturated rings. The van der Waals surface area contributed by atoms with E-state index in [2.05, 4.69) is 21.2 Å². The molecule has 0 radical (unpaired) electrons. The van der Waals surface area contributed by atoms with E-state index < -0.39 is 6.10 Å². The van der Waals surface area contributed by atoms with Crippen LogP contribution in [0, 0.1) is 0 Å². The van der Waals surface area contributed by atoms with E-state index in [-0.39, 0.29) is 0 Å². The first-order valence-corrected chi connectivity index (χ1v) is 7.32. The first kappa shape index (κ1) is 15.7. The van der Waals surface area contributed by atoms with Crippen molar-refractivity contribution in [1.29, 1.82) is 0 Å². The molecule has 0 aliphatic rings. The van der Waals surface area contributed by atoms with Gasteiger partial charge in [-0.1, -0.05) is 28.1 Å². The molecule has 1 atom stereocenters. The van der Waals surface area contributed by atoms with Crippen LogP contribution in [0.1, 0.15) is 11.7 Å². The van der Waals surface area contributed by atoms with E-state index >= 15 is 0 Å². The fraction of sp³-hybridized carbons (Fsp3) is 0.250. The van der Waals surface area contributed by atoms with Crippen molar-refractivity contribution < 1.29 is 14.6 Å². The van der Waals surface area contributed by atoms with Gasteiger partial charge in [0.25, 0.3) is 0 Å². The predicted octanol–water partition coefficient (Wildman–Crippen LogP) is 3.61. The Labute approximate surface area is 132 Å². The smallest absolute Gasteiger partial charge is 0.162 e. The molecule has 2 rings (SSSR count). The summed E-state index contributed by atoms with van der Waals surface area (Å²) in [4.78, 5) is 0. The van der Waals surface area contributed by atoms with Crippen LogP contribution >= 0.6 is 15.9 Å². The fourth-order valence-electron chi connectivity index (χ4n) is 1.99. The number of anilines is 1. The van der Waals surface area contributed by atoms with Gasteiger partial charge in [-0.25, -0.2) is 0 Å². The van der Waals surface area contributed by atoms with Crippen LogP contribution in [0.3, 0.4) is 0 Å². The van der Waals surface area contributed by atoms with Crippen LogP contribution in [0.15, 0.2) is 46.9 Å². The molecule has 0 heterocycles. The van der Waals surface area contributed by atoms with Crippen LogP contribution in [0.2, 0.25) is 0 Å². The SMILES string of the molecule is COc1ccc(NCC(O)c2cccc(Br)c2)cc1OC. The van der Waals surface area contributed by atoms with Crippen LogP contribution in [-0.2, 0) is 0 Å². The van der Waals surface area contributed by atoms with Gasteiger partial charge in [-0.3, -0.25) is 0 Å². The Bertz CT molecular complexity index is 604. The van der Waals surface area contributed by atoms with E-state index in [1.54, 1.807) is 14.2 Å². The number of ether oxygens (including phenoxy) is 2. The van der Waals surface area contributed by atoms with E-state index in [4.69, 9.17) is 9.47 Å². The van der Waals surface area contributed by atoms with Gasteiger partial charge in [0, 0.05) is 22.8 Å². The fourth-order valence-corrected chi connectivity index (χ4v) is 2.41. The summed E-state index contributed by atoms with van der Waals surface area (Å²) in [7, 11) is 3.19. The molecule has 0 amide bonds. The Balaban J connectivity index is 2.02. The van der Waals surface area contributed by atoms with Gasteiger partial charge in [-0.15, -0.1) is 0 Å². The van der Waals surface area contributed by atoms with Crippen molar-refractivity contribution in [2.75, 3.05) is 26.1 Å². The topological polar surface area (TPSA) is 50.7 Å². The molecule has 0 aromatic heterocycles. The van der Waals surface area contributed by atoms with E-state index in [0.29, 0.717) is 18.0 Å². The zero-order valence-corrected chi connectivity index (χ0v) is 13.6. The molecule has 0 aliphatic heterocycles. The number of halogens is 1. The summed E-state index contributed by atoms with van der Waals surface area (Å²) in [5, 5.41) is 13.4. The average Bonchev–Trinajstić information content (AvgIpc) is 2.52. The van der Waals surface area contributed by atoms with Crippen molar-refractivity contribution in [1.82, 2.24) is 0 Å². The summed E-state index contributed by atoms with van der Waals surface area (Å²) >= 11 is 3.40. The largest absolute Gasteiger partial charge is 0.493 e. The number of benzene rings is 2. The van der Waals surface area contributed by atoms with Crippen molar-refractivity contribution in [2.24, 2.45) is 0 Å². The second-order valence-electron chi connectivity index (χ2n) is 4.52. The van der Waals surface area contributed by atoms with E-state index in [1.807, 2.05) is 42.5 Å². The Kier molecular flexibility index (Phi) is 5.47. The summed E-state index contributed by atoms with van der Waals surface area (Å²) in [6.07, 6.45) is -0.587. The molecule has 0 spiro atoms. The van der Waals surface area contributed by atoms with Crippen molar-refractivity contribution in [3.63, 3.8) is 0 Å². The van der Waals surface area contributed by atoms with Gasteiger partial charge in [-0.2, -0.15) is 0 Å². The molecule has 5 heteroatoms. The second-order valence-corrected chi connectivity index (χ2v) is 5.44. The molecule has 4 nitrogen and oxygen atoms in total. The summed E-state index contributed by atoms with van der Waals surface area (Å²) in [6.45, 7) is 0.409. The Hall–Kier alpha value is -1.72. The van der Waals surface area contributed by atoms with Crippen molar-refractivity contribution in [2.45, 2.75) is 6.10 Å². The Morgan fingerprint density at radius 1 is 1.10 bits per heavy atom. The minimum absolute atomic E-state index is 0.409. The predicted molar refractivity (Wildman–Crippen MR) is 87.1 cm³/mol. The lowest BCUT2D eigenvalue weighted by molar-refractivity contribution is 0.191. The van der Waals surface area contributed by atoms with Gasteiger partial charge in [0.2, 0.25) is 0 Å². The number of methoxy groups -OCH3 is 2. The molecule has 0 saturated heterocycles. The number of nitrogens with one attached hydrogen (secondary N) is 1. The lowest BCUT2D eigenvalue weighted by Gasteiger charge is -2.15. The summed E-state index contributed by atoms with van der Waals surface area (Å²) in [5.41, 5.74) is 1.72. The molecule has 0 bridgehead atoms. The maximum Gasteiger partial charge on any atom is 0.162 e. The third kappa shape index (κ3) is 4.12. The highest BCUT2D eigenvalue weighted by Gasteiger charge is 2.09. The molecule has 1 unspecified atom stereocenters. The first-order chi connectivity index (χ1) is 10.1. The standard InChI is InChI=1S/C16H18BrNO3/c1-20-15-7-6-13(9-16(15)21-2)18-10-14(19)11-4-3-5-12(17)8-11/h3-9,14,18-19H,10H2,1-2H3. The number of rotatable bonds is 6. The van der Waals surface area contributed by atoms with Gasteiger partial charge < -0.3 is 19.9 Å². The molecule has 112 valence electrons. The third-order valence-corrected chi connectivity index (χ3v) is 3.61. The van der Waals surface area contributed by atoms with Crippen molar-refractivity contribution in [3.05, 3.63) is 52.5 Å². The van der Waals surface area contributed by atoms with Gasteiger partial charge in [0.05, 0.1) is 20.3 Å². The zero-order valence-electron chi connectivity index (χ0n) is 12.0. The lowest BCUT2D eigenvalue weighted by Crippen LogP contribution is -2.12. The van der Waals surface area contributed by atoms with E-state index in [0.717, 1.165) is 15.7 Å². The van der Waals surface area contributed by atoms with Crippen LogP contribution in [0.4, 0.5) is 5.69 Å². The minimum atomic E-state index is -0.587. The maximum atomic E-state index is 10.2. The molecule has 2 aromatic rings. The molecule has 0 saturated carbocycles. The number of hydrogen-bond donors (Lipinski definition) is 2. The van der Waals surface area contributed by atoms with Crippen molar-refractivity contribution in [3.8, 4) is 11.5 Å². The molecule has 2 N–H and O–H groups in total. The van der Waals surface area contributed by atoms with Gasteiger partial charge in [-0.05, 0) is 29.8 Å².